The third-order valence-corrected chi connectivity index (χ3v) is 5.37. The number of hydrogen-bond acceptors (Lipinski definition) is 4. The lowest BCUT2D eigenvalue weighted by molar-refractivity contribution is -0.123. The first-order valence-electron chi connectivity index (χ1n) is 8.31. The van der Waals surface area contributed by atoms with Crippen LogP contribution in [0, 0.1) is 20.8 Å². The van der Waals surface area contributed by atoms with Crippen molar-refractivity contribution in [2.45, 2.75) is 25.7 Å². The van der Waals surface area contributed by atoms with Crippen molar-refractivity contribution >= 4 is 15.9 Å². The van der Waals surface area contributed by atoms with Gasteiger partial charge >= 0.3 is 0 Å². The maximum Gasteiger partial charge on any atom is 0.257 e. The van der Waals surface area contributed by atoms with E-state index in [1.807, 2.05) is 32.0 Å². The Morgan fingerprint density at radius 3 is 2.31 bits per heavy atom. The van der Waals surface area contributed by atoms with Crippen LogP contribution in [0.4, 0.5) is 0 Å². The van der Waals surface area contributed by atoms with E-state index in [4.69, 9.17) is 4.74 Å². The van der Waals surface area contributed by atoms with Crippen molar-refractivity contribution < 1.29 is 17.9 Å². The fourth-order valence-electron chi connectivity index (χ4n) is 2.30. The fourth-order valence-corrected chi connectivity index (χ4v) is 3.66. The van der Waals surface area contributed by atoms with Gasteiger partial charge < -0.3 is 10.1 Å². The number of sulfonamides is 1. The monoisotopic (exact) mass is 376 g/mol. The molecule has 0 radical (unpaired) electrons. The average molecular weight is 376 g/mol. The summed E-state index contributed by atoms with van der Waals surface area (Å²) >= 11 is 0. The van der Waals surface area contributed by atoms with E-state index in [0.717, 1.165) is 11.1 Å². The molecule has 0 bridgehead atoms. The second-order valence-electron chi connectivity index (χ2n) is 6.12. The Morgan fingerprint density at radius 1 is 0.962 bits per heavy atom. The first kappa shape index (κ1) is 19.9. The molecular formula is C19H24N2O4S. The van der Waals surface area contributed by atoms with E-state index >= 15 is 0 Å². The Morgan fingerprint density at radius 2 is 1.62 bits per heavy atom. The summed E-state index contributed by atoms with van der Waals surface area (Å²) in [5.74, 6) is 0.304. The summed E-state index contributed by atoms with van der Waals surface area (Å²) in [6.45, 7) is 5.72. The van der Waals surface area contributed by atoms with Crippen molar-refractivity contribution in [2.24, 2.45) is 0 Å². The van der Waals surface area contributed by atoms with Gasteiger partial charge in [-0.2, -0.15) is 0 Å². The van der Waals surface area contributed by atoms with E-state index in [1.54, 1.807) is 31.2 Å². The molecule has 0 fully saturated rings. The summed E-state index contributed by atoms with van der Waals surface area (Å²) in [6, 6.07) is 12.6. The van der Waals surface area contributed by atoms with Crippen LogP contribution in [0.2, 0.25) is 0 Å². The van der Waals surface area contributed by atoms with Crippen LogP contribution in [0.3, 0.4) is 0 Å². The third-order valence-electron chi connectivity index (χ3n) is 3.76. The van der Waals surface area contributed by atoms with Gasteiger partial charge in [-0.3, -0.25) is 4.79 Å². The molecule has 140 valence electrons. The molecule has 2 aromatic rings. The number of ether oxygens (including phenoxy) is 1. The van der Waals surface area contributed by atoms with Crippen LogP contribution in [-0.2, 0) is 14.8 Å². The summed E-state index contributed by atoms with van der Waals surface area (Å²) in [5.41, 5.74) is 2.66. The van der Waals surface area contributed by atoms with Crippen molar-refractivity contribution in [3.63, 3.8) is 0 Å². The zero-order chi connectivity index (χ0) is 19.2. The summed E-state index contributed by atoms with van der Waals surface area (Å²) < 4.78 is 32.5. The predicted octanol–water partition coefficient (Wildman–Crippen LogP) is 2.09. The first-order valence-corrected chi connectivity index (χ1v) is 9.79. The molecule has 0 heterocycles. The largest absolute Gasteiger partial charge is 0.484 e. The minimum absolute atomic E-state index is 0.103. The molecule has 26 heavy (non-hydrogen) atoms. The van der Waals surface area contributed by atoms with Crippen LogP contribution in [0.1, 0.15) is 16.7 Å². The van der Waals surface area contributed by atoms with Gasteiger partial charge in [0.15, 0.2) is 6.61 Å². The Bertz CT molecular complexity index is 862. The lowest BCUT2D eigenvalue weighted by Gasteiger charge is -2.11. The van der Waals surface area contributed by atoms with Crippen LogP contribution in [0.25, 0.3) is 0 Å². The Hall–Kier alpha value is -2.38. The predicted molar refractivity (Wildman–Crippen MR) is 101 cm³/mol. The summed E-state index contributed by atoms with van der Waals surface area (Å²) in [4.78, 5) is 12.0. The van der Waals surface area contributed by atoms with Crippen molar-refractivity contribution in [1.82, 2.24) is 10.0 Å². The summed E-state index contributed by atoms with van der Waals surface area (Å²) in [7, 11) is -3.60. The fraction of sp³-hybridized carbons (Fsp3) is 0.316. The molecule has 2 rings (SSSR count). The number of benzene rings is 2. The van der Waals surface area contributed by atoms with Crippen molar-refractivity contribution in [3.8, 4) is 5.75 Å². The van der Waals surface area contributed by atoms with Gasteiger partial charge in [0, 0.05) is 13.1 Å². The molecule has 0 aromatic heterocycles. The molecule has 0 saturated heterocycles. The Kier molecular flexibility index (Phi) is 6.76. The van der Waals surface area contributed by atoms with Gasteiger partial charge in [-0.25, -0.2) is 13.1 Å². The van der Waals surface area contributed by atoms with Crippen LogP contribution >= 0.6 is 0 Å². The maximum atomic E-state index is 12.3. The van der Waals surface area contributed by atoms with Crippen molar-refractivity contribution in [1.29, 1.82) is 0 Å². The number of carbonyl (C=O) groups excluding carboxylic acids is 1. The van der Waals surface area contributed by atoms with E-state index in [2.05, 4.69) is 10.0 Å². The van der Waals surface area contributed by atoms with Gasteiger partial charge in [0.05, 0.1) is 4.90 Å². The molecule has 0 saturated carbocycles. The number of carbonyl (C=O) groups is 1. The highest BCUT2D eigenvalue weighted by atomic mass is 32.2. The zero-order valence-electron chi connectivity index (χ0n) is 15.2. The standard InChI is InChI=1S/C19H24N2O4S/c1-14-5-8-17(9-6-14)25-13-19(22)20-10-11-21-26(23,24)18-12-15(2)4-7-16(18)3/h4-9,12,21H,10-11,13H2,1-3H3,(H,20,22). The van der Waals surface area contributed by atoms with Crippen molar-refractivity contribution in [2.75, 3.05) is 19.7 Å². The van der Waals surface area contributed by atoms with Gasteiger partial charge in [0.25, 0.3) is 5.91 Å². The van der Waals surface area contributed by atoms with Gasteiger partial charge in [0.2, 0.25) is 10.0 Å². The lowest BCUT2D eigenvalue weighted by atomic mass is 10.2. The SMILES string of the molecule is Cc1ccc(OCC(=O)NCCNS(=O)(=O)c2cc(C)ccc2C)cc1. The maximum absolute atomic E-state index is 12.3. The van der Waals surface area contributed by atoms with E-state index in [0.29, 0.717) is 11.3 Å². The van der Waals surface area contributed by atoms with Crippen LogP contribution in [-0.4, -0.2) is 34.0 Å². The molecule has 0 aliphatic rings. The highest BCUT2D eigenvalue weighted by molar-refractivity contribution is 7.89. The minimum atomic E-state index is -3.60. The van der Waals surface area contributed by atoms with E-state index in [1.165, 1.54) is 0 Å². The number of aryl methyl sites for hydroxylation is 3. The minimum Gasteiger partial charge on any atom is -0.484 e. The summed E-state index contributed by atoms with van der Waals surface area (Å²) in [6.07, 6.45) is 0. The third kappa shape index (κ3) is 5.86. The van der Waals surface area contributed by atoms with E-state index in [-0.39, 0.29) is 30.5 Å². The molecule has 0 aliphatic heterocycles. The molecule has 7 heteroatoms. The highest BCUT2D eigenvalue weighted by Crippen LogP contribution is 2.16. The molecule has 2 aromatic carbocycles. The van der Waals surface area contributed by atoms with Crippen LogP contribution in [0.15, 0.2) is 47.4 Å². The molecule has 0 aliphatic carbocycles. The number of nitrogens with one attached hydrogen (secondary N) is 2. The van der Waals surface area contributed by atoms with Gasteiger partial charge in [0.1, 0.15) is 5.75 Å². The van der Waals surface area contributed by atoms with Crippen LogP contribution in [0.5, 0.6) is 5.75 Å². The molecule has 0 unspecified atom stereocenters. The van der Waals surface area contributed by atoms with Gasteiger partial charge in [-0.05, 0) is 50.1 Å². The molecule has 1 amide bonds. The second-order valence-corrected chi connectivity index (χ2v) is 7.85. The van der Waals surface area contributed by atoms with E-state index < -0.39 is 10.0 Å². The van der Waals surface area contributed by atoms with Gasteiger partial charge in [-0.1, -0.05) is 29.8 Å². The second kappa shape index (κ2) is 8.82. The molecular weight excluding hydrogens is 352 g/mol. The Labute approximate surface area is 154 Å². The summed E-state index contributed by atoms with van der Waals surface area (Å²) in [5, 5.41) is 2.62. The molecule has 0 atom stereocenters. The quantitative estimate of drug-likeness (QED) is 0.691. The molecule has 2 N–H and O–H groups in total. The normalized spacial score (nSPS) is 11.2. The average Bonchev–Trinajstić information content (AvgIpc) is 2.60. The molecule has 6 nitrogen and oxygen atoms in total. The van der Waals surface area contributed by atoms with E-state index in [9.17, 15) is 13.2 Å². The first-order chi connectivity index (χ1) is 12.3. The van der Waals surface area contributed by atoms with Crippen LogP contribution < -0.4 is 14.8 Å². The topological polar surface area (TPSA) is 84.5 Å². The Balaban J connectivity index is 1.76. The lowest BCUT2D eigenvalue weighted by Crippen LogP contribution is -2.37. The van der Waals surface area contributed by atoms with Gasteiger partial charge in [-0.15, -0.1) is 0 Å². The highest BCUT2D eigenvalue weighted by Gasteiger charge is 2.16. The number of amides is 1. The number of hydrogen-bond donors (Lipinski definition) is 2. The van der Waals surface area contributed by atoms with Crippen molar-refractivity contribution in [3.05, 3.63) is 59.2 Å². The number of rotatable bonds is 8. The zero-order valence-corrected chi connectivity index (χ0v) is 16.0. The smallest absolute Gasteiger partial charge is 0.257 e. The molecule has 0 spiro atoms.